The normalized spacial score (nSPS) is 12.5. The molecule has 0 saturated carbocycles. The van der Waals surface area contributed by atoms with Crippen molar-refractivity contribution in [3.63, 3.8) is 0 Å². The first kappa shape index (κ1) is 44.7. The van der Waals surface area contributed by atoms with Gasteiger partial charge in [-0.2, -0.15) is 0 Å². The molecular weight excluding hydrogens is 917 g/mol. The van der Waals surface area contributed by atoms with Crippen molar-refractivity contribution < 1.29 is 19.8 Å². The second-order valence-electron chi connectivity index (χ2n) is 17.6. The molecule has 1 aliphatic carbocycles. The number of aryl methyl sites for hydroxylation is 2. The molecule has 0 radical (unpaired) electrons. The summed E-state index contributed by atoms with van der Waals surface area (Å²) >= 11 is 9.44. The van der Waals surface area contributed by atoms with Gasteiger partial charge < -0.3 is 30.8 Å². The average molecular weight is 963 g/mol. The molecule has 16 heteroatoms. The summed E-state index contributed by atoms with van der Waals surface area (Å²) in [6.07, 6.45) is 7.70. The van der Waals surface area contributed by atoms with Gasteiger partial charge in [0, 0.05) is 74.1 Å². The third kappa shape index (κ3) is 8.87. The number of allylic oxidation sites excluding steroid dienone is 2. The summed E-state index contributed by atoms with van der Waals surface area (Å²) in [6.45, 7) is 0.890. The number of aromatic nitrogens is 8. The summed E-state index contributed by atoms with van der Waals surface area (Å²) < 4.78 is 0. The van der Waals surface area contributed by atoms with E-state index in [1.807, 2.05) is 60.7 Å². The first-order valence-corrected chi connectivity index (χ1v) is 24.2. The van der Waals surface area contributed by atoms with Gasteiger partial charge in [-0.25, -0.2) is 29.9 Å². The molecular formula is C54H46N10O4S2. The quantitative estimate of drug-likeness (QED) is 0.0430. The number of phenolic OH excluding ortho intramolecular Hbond substituents is 2. The maximum atomic E-state index is 14.2. The molecule has 8 aromatic rings. The van der Waals surface area contributed by atoms with Crippen molar-refractivity contribution in [1.82, 2.24) is 50.5 Å². The Morgan fingerprint density at radius 3 is 2.13 bits per heavy atom. The number of fused-ring (bicyclic) bond motifs is 20. The average Bonchev–Trinajstić information content (AvgIpc) is 4.09. The van der Waals surface area contributed by atoms with E-state index >= 15 is 0 Å². The maximum Gasteiger partial charge on any atom is 0.252 e. The first-order chi connectivity index (χ1) is 34.1. The number of amides is 2. The van der Waals surface area contributed by atoms with Crippen molar-refractivity contribution in [3.05, 3.63) is 147 Å². The number of rotatable bonds is 12. The molecule has 5 aromatic carbocycles. The van der Waals surface area contributed by atoms with Crippen LogP contribution < -0.4 is 10.6 Å². The minimum Gasteiger partial charge on any atom is -0.508 e. The molecule has 2 aliphatic heterocycles. The van der Waals surface area contributed by atoms with Crippen molar-refractivity contribution >= 4 is 70.4 Å². The molecule has 8 bridgehead atoms. The number of hydrogen-bond acceptors (Lipinski definition) is 12. The zero-order valence-corrected chi connectivity index (χ0v) is 39.5. The van der Waals surface area contributed by atoms with Crippen molar-refractivity contribution in [2.75, 3.05) is 13.1 Å². The largest absolute Gasteiger partial charge is 0.508 e. The maximum absolute atomic E-state index is 14.2. The van der Waals surface area contributed by atoms with E-state index < -0.39 is 0 Å². The number of nitrogens with one attached hydrogen (secondary N) is 4. The summed E-state index contributed by atoms with van der Waals surface area (Å²) in [7, 11) is 0. The monoisotopic (exact) mass is 962 g/mol. The number of unbranched alkanes of at least 4 members (excludes halogenated alkanes) is 2. The van der Waals surface area contributed by atoms with Crippen molar-refractivity contribution in [1.29, 1.82) is 0 Å². The predicted octanol–water partition coefficient (Wildman–Crippen LogP) is 9.83. The minimum atomic E-state index is -0.283. The lowest BCUT2D eigenvalue weighted by atomic mass is 10.00. The number of carbonyl (C=O) groups excluding carboxylic acids is 2. The predicted molar refractivity (Wildman–Crippen MR) is 277 cm³/mol. The Morgan fingerprint density at radius 2 is 1.29 bits per heavy atom. The van der Waals surface area contributed by atoms with Gasteiger partial charge in [-0.15, -0.1) is 25.3 Å². The highest BCUT2D eigenvalue weighted by molar-refractivity contribution is 7.84. The Labute approximate surface area is 412 Å². The molecule has 3 aromatic heterocycles. The van der Waals surface area contributed by atoms with E-state index in [2.05, 4.69) is 39.3 Å². The van der Waals surface area contributed by atoms with Gasteiger partial charge in [0.05, 0.1) is 5.56 Å². The van der Waals surface area contributed by atoms with Gasteiger partial charge in [0.15, 0.2) is 23.3 Å². The van der Waals surface area contributed by atoms with E-state index in [4.69, 9.17) is 42.5 Å². The van der Waals surface area contributed by atoms with Crippen LogP contribution in [0.15, 0.2) is 119 Å². The summed E-state index contributed by atoms with van der Waals surface area (Å²) in [4.78, 5) is 67.3. The number of H-pyrrole nitrogens is 2. The molecule has 11 rings (SSSR count). The van der Waals surface area contributed by atoms with Crippen LogP contribution in [0.4, 0.5) is 0 Å². The van der Waals surface area contributed by atoms with E-state index in [1.54, 1.807) is 42.5 Å². The van der Waals surface area contributed by atoms with Crippen LogP contribution in [0, 0.1) is 0 Å². The van der Waals surface area contributed by atoms with Gasteiger partial charge in [-0.3, -0.25) is 9.59 Å². The lowest BCUT2D eigenvalue weighted by molar-refractivity contribution is 0.0945. The van der Waals surface area contributed by atoms with Crippen LogP contribution >= 0.6 is 25.3 Å². The third-order valence-corrected chi connectivity index (χ3v) is 13.5. The van der Waals surface area contributed by atoms with Crippen LogP contribution in [0.1, 0.15) is 68.7 Å². The van der Waals surface area contributed by atoms with Crippen LogP contribution in [0.2, 0.25) is 0 Å². The lowest BCUT2D eigenvalue weighted by Gasteiger charge is -2.10. The molecule has 70 heavy (non-hydrogen) atoms. The first-order valence-electron chi connectivity index (χ1n) is 23.3. The molecule has 0 spiro atoms. The van der Waals surface area contributed by atoms with Crippen molar-refractivity contribution in [2.45, 2.75) is 56.3 Å². The minimum absolute atomic E-state index is 0.238. The fraction of sp³-hybridized carbons (Fsp3) is 0.185. The van der Waals surface area contributed by atoms with Crippen molar-refractivity contribution in [3.8, 4) is 57.1 Å². The van der Waals surface area contributed by atoms with Gasteiger partial charge >= 0.3 is 0 Å². The summed E-state index contributed by atoms with van der Waals surface area (Å²) in [5.74, 6) is 1.48. The highest BCUT2D eigenvalue weighted by atomic mass is 32.1. The molecule has 0 saturated heterocycles. The second kappa shape index (κ2) is 18.9. The number of para-hydroxylation sites is 1. The van der Waals surface area contributed by atoms with Crippen molar-refractivity contribution in [2.24, 2.45) is 0 Å². The fourth-order valence-corrected chi connectivity index (χ4v) is 9.80. The summed E-state index contributed by atoms with van der Waals surface area (Å²) in [5, 5.41) is 27.6. The number of nitrogens with zero attached hydrogens (tertiary/aromatic N) is 6. The Hall–Kier alpha value is -7.82. The topological polar surface area (TPSA) is 208 Å². The molecule has 2 amide bonds. The second-order valence-corrected chi connectivity index (χ2v) is 18.7. The number of phenols is 2. The molecule has 348 valence electrons. The van der Waals surface area contributed by atoms with E-state index in [9.17, 15) is 19.8 Å². The van der Waals surface area contributed by atoms with Crippen LogP contribution in [-0.4, -0.2) is 75.0 Å². The number of aromatic amines is 2. The molecule has 5 heterocycles. The lowest BCUT2D eigenvalue weighted by Crippen LogP contribution is -2.25. The highest BCUT2D eigenvalue weighted by Crippen LogP contribution is 2.40. The smallest absolute Gasteiger partial charge is 0.252 e. The van der Waals surface area contributed by atoms with E-state index in [0.717, 1.165) is 68.9 Å². The SMILES string of the molecule is O=C(NCCCCc1cccc(O)c1)c1ccc2c3nc4nc(nc5[nH]c(nc6nc(nc([nH]3)c2c1)-c1cc(S)ccc1-6)c1c5CC=C(S)C1)-c1cccc(C(=O)NCCCCc2ccccc2O)c1-4. The van der Waals surface area contributed by atoms with Gasteiger partial charge in [0.2, 0.25) is 0 Å². The van der Waals surface area contributed by atoms with Crippen LogP contribution in [-0.2, 0) is 25.7 Å². The molecule has 0 fully saturated rings. The third-order valence-electron chi connectivity index (χ3n) is 12.9. The van der Waals surface area contributed by atoms with Crippen LogP contribution in [0.3, 0.4) is 0 Å². The Morgan fingerprint density at radius 1 is 0.586 bits per heavy atom. The Bertz CT molecular complexity index is 3640. The Kier molecular flexibility index (Phi) is 12.1. The number of hydrogen-bond donors (Lipinski definition) is 8. The molecule has 3 aliphatic rings. The number of aromatic hydroxyl groups is 2. The summed E-state index contributed by atoms with van der Waals surface area (Å²) in [6, 6.07) is 31.1. The fourth-order valence-electron chi connectivity index (χ4n) is 9.34. The van der Waals surface area contributed by atoms with E-state index in [0.29, 0.717) is 112 Å². The Balaban J connectivity index is 1.03. The van der Waals surface area contributed by atoms with Crippen LogP contribution in [0.5, 0.6) is 11.5 Å². The summed E-state index contributed by atoms with van der Waals surface area (Å²) in [5.41, 5.74) is 9.29. The molecule has 6 N–H and O–H groups in total. The van der Waals surface area contributed by atoms with Gasteiger partial charge in [-0.05, 0) is 122 Å². The zero-order chi connectivity index (χ0) is 47.9. The zero-order valence-electron chi connectivity index (χ0n) is 37.8. The molecule has 14 nitrogen and oxygen atoms in total. The number of benzene rings is 5. The molecule has 0 unspecified atom stereocenters. The van der Waals surface area contributed by atoms with E-state index in [1.165, 1.54) is 0 Å². The highest BCUT2D eigenvalue weighted by Gasteiger charge is 2.28. The number of thiol groups is 2. The molecule has 0 atom stereocenters. The van der Waals surface area contributed by atoms with Gasteiger partial charge in [-0.1, -0.05) is 48.5 Å². The van der Waals surface area contributed by atoms with Gasteiger partial charge in [0.25, 0.3) is 11.8 Å². The van der Waals surface area contributed by atoms with Crippen LogP contribution in [0.25, 0.3) is 78.9 Å². The standard InChI is InChI=1S/C54H46N10O4S2/c65-32-13-7-10-29(25-32)9-3-5-23-55-53(67)31-17-20-35-40(26-31)49-61-47(35)63-52-44-38(14-8-15-39(44)54(68)56-24-6-4-12-30-11-1-2-16-43(30)66)48(64-52)57-45-36-21-18-33(69)27-41(36)50(58-45)59-46-37-22-19-34(70)28-42(37)51(60-46)62-49/h1-2,7-8,10-11,13-20,22,25-26,28,65-66,69-70H,3-6,9,12,21,23-24,27H2,(H,55,67)(H,56,68)(H2,57,58,59,60,61,62,63,64). The van der Waals surface area contributed by atoms with Gasteiger partial charge in [0.1, 0.15) is 34.1 Å². The number of carbonyl (C=O) groups is 2. The van der Waals surface area contributed by atoms with E-state index in [-0.39, 0.29) is 29.1 Å².